The minimum Gasteiger partial charge on any atom is -0.308 e. The molecule has 1 aliphatic rings. The van der Waals surface area contributed by atoms with E-state index >= 15 is 0 Å². The molecule has 1 N–H and O–H groups in total. The van der Waals surface area contributed by atoms with Crippen molar-refractivity contribution in [3.63, 3.8) is 0 Å². The molecule has 0 aromatic heterocycles. The van der Waals surface area contributed by atoms with Gasteiger partial charge in [-0.05, 0) is 63.6 Å². The largest absolute Gasteiger partial charge is 0.308 e. The second-order valence-electron chi connectivity index (χ2n) is 7.55. The first kappa shape index (κ1) is 16.5. The van der Waals surface area contributed by atoms with E-state index in [4.69, 9.17) is 0 Å². The fourth-order valence-corrected chi connectivity index (χ4v) is 2.70. The summed E-state index contributed by atoms with van der Waals surface area (Å²) < 4.78 is 0. The Hall–Kier alpha value is -0.860. The van der Waals surface area contributed by atoms with E-state index in [0.29, 0.717) is 0 Å². The van der Waals surface area contributed by atoms with E-state index in [1.807, 2.05) is 0 Å². The van der Waals surface area contributed by atoms with E-state index in [1.54, 1.807) is 0 Å². The van der Waals surface area contributed by atoms with Crippen LogP contribution in [0.2, 0.25) is 0 Å². The molecule has 0 spiro atoms. The first-order chi connectivity index (χ1) is 9.98. The van der Waals surface area contributed by atoms with Crippen molar-refractivity contribution < 1.29 is 0 Å². The average molecular weight is 288 g/mol. The maximum atomic E-state index is 3.62. The maximum Gasteiger partial charge on any atom is 0.0237 e. The van der Waals surface area contributed by atoms with Gasteiger partial charge in [-0.2, -0.15) is 0 Å². The third-order valence-corrected chi connectivity index (χ3v) is 4.07. The van der Waals surface area contributed by atoms with Crippen LogP contribution in [-0.2, 0) is 13.1 Å². The summed E-state index contributed by atoms with van der Waals surface area (Å²) in [6.07, 6.45) is 4.12. The first-order valence-electron chi connectivity index (χ1n) is 8.52. The standard InChI is InChI=1S/C19H32N2/c1-5-12-21(14-16-10-11-16)15-18-9-7-6-8-17(18)13-20-19(2,3)4/h6-9,16,20H,5,10-15H2,1-4H3. The van der Waals surface area contributed by atoms with Crippen LogP contribution in [0.25, 0.3) is 0 Å². The highest BCUT2D eigenvalue weighted by molar-refractivity contribution is 5.27. The molecule has 0 aliphatic heterocycles. The molecule has 0 bridgehead atoms. The van der Waals surface area contributed by atoms with Gasteiger partial charge < -0.3 is 5.32 Å². The number of hydrogen-bond acceptors (Lipinski definition) is 2. The summed E-state index contributed by atoms with van der Waals surface area (Å²) in [6.45, 7) is 13.5. The second kappa shape index (κ2) is 7.42. The minimum atomic E-state index is 0.171. The van der Waals surface area contributed by atoms with Crippen LogP contribution in [0, 0.1) is 5.92 Å². The fourth-order valence-electron chi connectivity index (χ4n) is 2.70. The van der Waals surface area contributed by atoms with Crippen LogP contribution in [-0.4, -0.2) is 23.5 Å². The van der Waals surface area contributed by atoms with Gasteiger partial charge >= 0.3 is 0 Å². The van der Waals surface area contributed by atoms with Crippen LogP contribution >= 0.6 is 0 Å². The van der Waals surface area contributed by atoms with Gasteiger partial charge in [0, 0.05) is 25.2 Å². The highest BCUT2D eigenvalue weighted by Gasteiger charge is 2.24. The molecule has 1 aromatic rings. The molecule has 2 rings (SSSR count). The zero-order valence-corrected chi connectivity index (χ0v) is 14.3. The second-order valence-corrected chi connectivity index (χ2v) is 7.55. The van der Waals surface area contributed by atoms with Crippen molar-refractivity contribution in [2.45, 2.75) is 65.6 Å². The number of nitrogens with zero attached hydrogens (tertiary/aromatic N) is 1. The molecule has 1 aromatic carbocycles. The Balaban J connectivity index is 1.99. The lowest BCUT2D eigenvalue weighted by Gasteiger charge is -2.25. The van der Waals surface area contributed by atoms with Crippen LogP contribution in [0.3, 0.4) is 0 Å². The van der Waals surface area contributed by atoms with Crippen LogP contribution in [0.15, 0.2) is 24.3 Å². The van der Waals surface area contributed by atoms with E-state index in [2.05, 4.69) is 62.2 Å². The smallest absolute Gasteiger partial charge is 0.0237 e. The molecular weight excluding hydrogens is 256 g/mol. The van der Waals surface area contributed by atoms with E-state index in [9.17, 15) is 0 Å². The molecule has 0 radical (unpaired) electrons. The molecule has 0 unspecified atom stereocenters. The van der Waals surface area contributed by atoms with Gasteiger partial charge in [0.2, 0.25) is 0 Å². The molecule has 0 heterocycles. The SMILES string of the molecule is CCCN(Cc1ccccc1CNC(C)(C)C)CC1CC1. The lowest BCUT2D eigenvalue weighted by molar-refractivity contribution is 0.254. The molecule has 1 fully saturated rings. The van der Waals surface area contributed by atoms with Crippen molar-refractivity contribution in [2.75, 3.05) is 13.1 Å². The highest BCUT2D eigenvalue weighted by atomic mass is 15.1. The van der Waals surface area contributed by atoms with Crippen molar-refractivity contribution in [1.82, 2.24) is 10.2 Å². The maximum absolute atomic E-state index is 3.62. The number of benzene rings is 1. The Bertz CT molecular complexity index is 429. The normalized spacial score (nSPS) is 15.7. The summed E-state index contributed by atoms with van der Waals surface area (Å²) in [5.41, 5.74) is 3.11. The van der Waals surface area contributed by atoms with Crippen molar-refractivity contribution in [3.05, 3.63) is 35.4 Å². The van der Waals surface area contributed by atoms with Crippen molar-refractivity contribution in [2.24, 2.45) is 5.92 Å². The van der Waals surface area contributed by atoms with Gasteiger partial charge in [0.15, 0.2) is 0 Å². The van der Waals surface area contributed by atoms with E-state index in [0.717, 1.165) is 19.0 Å². The lowest BCUT2D eigenvalue weighted by atomic mass is 10.0. The Labute approximate surface area is 130 Å². The number of rotatable bonds is 8. The van der Waals surface area contributed by atoms with Gasteiger partial charge in [-0.25, -0.2) is 0 Å². The van der Waals surface area contributed by atoms with Gasteiger partial charge in [-0.3, -0.25) is 4.90 Å². The quantitative estimate of drug-likeness (QED) is 0.771. The Morgan fingerprint density at radius 1 is 1.14 bits per heavy atom. The molecule has 2 nitrogen and oxygen atoms in total. The molecule has 21 heavy (non-hydrogen) atoms. The Morgan fingerprint density at radius 2 is 1.81 bits per heavy atom. The predicted molar refractivity (Wildman–Crippen MR) is 91.3 cm³/mol. The van der Waals surface area contributed by atoms with Crippen LogP contribution in [0.1, 0.15) is 58.1 Å². The third-order valence-electron chi connectivity index (χ3n) is 4.07. The summed E-state index contributed by atoms with van der Waals surface area (Å²) >= 11 is 0. The van der Waals surface area contributed by atoms with Crippen LogP contribution < -0.4 is 5.32 Å². The molecular formula is C19H32N2. The molecule has 0 atom stereocenters. The van der Waals surface area contributed by atoms with Gasteiger partial charge in [-0.15, -0.1) is 0 Å². The fraction of sp³-hybridized carbons (Fsp3) is 0.684. The van der Waals surface area contributed by atoms with E-state index in [-0.39, 0.29) is 5.54 Å². The van der Waals surface area contributed by atoms with Gasteiger partial charge in [0.1, 0.15) is 0 Å². The molecule has 1 aliphatic carbocycles. The summed E-state index contributed by atoms with van der Waals surface area (Å²) in [4.78, 5) is 2.65. The molecule has 0 saturated heterocycles. The first-order valence-corrected chi connectivity index (χ1v) is 8.52. The van der Waals surface area contributed by atoms with Gasteiger partial charge in [-0.1, -0.05) is 31.2 Å². The summed E-state index contributed by atoms with van der Waals surface area (Å²) in [5.74, 6) is 0.969. The summed E-state index contributed by atoms with van der Waals surface area (Å²) in [7, 11) is 0. The van der Waals surface area contributed by atoms with Crippen molar-refractivity contribution in [1.29, 1.82) is 0 Å². The lowest BCUT2D eigenvalue weighted by Crippen LogP contribution is -2.35. The highest BCUT2D eigenvalue weighted by Crippen LogP contribution is 2.30. The Kier molecular flexibility index (Phi) is 5.83. The number of hydrogen-bond donors (Lipinski definition) is 1. The van der Waals surface area contributed by atoms with Gasteiger partial charge in [0.25, 0.3) is 0 Å². The van der Waals surface area contributed by atoms with Crippen LogP contribution in [0.4, 0.5) is 0 Å². The zero-order chi connectivity index (χ0) is 15.3. The third kappa shape index (κ3) is 6.19. The molecule has 118 valence electrons. The van der Waals surface area contributed by atoms with Gasteiger partial charge in [0.05, 0.1) is 0 Å². The monoisotopic (exact) mass is 288 g/mol. The summed E-state index contributed by atoms with van der Waals surface area (Å²) in [6, 6.07) is 8.91. The zero-order valence-electron chi connectivity index (χ0n) is 14.3. The van der Waals surface area contributed by atoms with E-state index in [1.165, 1.54) is 43.5 Å². The number of nitrogens with one attached hydrogen (secondary N) is 1. The predicted octanol–water partition coefficient (Wildman–Crippen LogP) is 4.20. The molecule has 1 saturated carbocycles. The Morgan fingerprint density at radius 3 is 2.38 bits per heavy atom. The minimum absolute atomic E-state index is 0.171. The van der Waals surface area contributed by atoms with Crippen molar-refractivity contribution in [3.8, 4) is 0 Å². The van der Waals surface area contributed by atoms with E-state index < -0.39 is 0 Å². The average Bonchev–Trinajstić information content (AvgIpc) is 3.21. The molecule has 2 heteroatoms. The summed E-state index contributed by atoms with van der Waals surface area (Å²) in [5, 5.41) is 3.62. The van der Waals surface area contributed by atoms with Crippen LogP contribution in [0.5, 0.6) is 0 Å². The molecule has 0 amide bonds. The van der Waals surface area contributed by atoms with Crippen molar-refractivity contribution >= 4 is 0 Å². The topological polar surface area (TPSA) is 15.3 Å².